The molecule has 0 spiro atoms. The Hall–Kier alpha value is -3.33. The Morgan fingerprint density at radius 3 is 2.69 bits per heavy atom. The van der Waals surface area contributed by atoms with Crippen LogP contribution in [0.25, 0.3) is 10.9 Å². The van der Waals surface area contributed by atoms with E-state index in [1.54, 1.807) is 6.07 Å². The predicted molar refractivity (Wildman–Crippen MR) is 116 cm³/mol. The number of benzene rings is 2. The second-order valence-corrected chi connectivity index (χ2v) is 7.78. The number of carbonyl (C=O) groups excluding carboxylic acids is 1. The van der Waals surface area contributed by atoms with Crippen molar-refractivity contribution >= 4 is 45.6 Å². The zero-order valence-corrected chi connectivity index (χ0v) is 17.5. The molecule has 0 radical (unpaired) electrons. The molecule has 1 saturated carbocycles. The van der Waals surface area contributed by atoms with Gasteiger partial charge in [-0.05, 0) is 37.0 Å². The third-order valence-corrected chi connectivity index (χ3v) is 5.57. The number of hydrogen-bond acceptors (Lipinski definition) is 5. The first-order valence-corrected chi connectivity index (χ1v) is 10.2. The van der Waals surface area contributed by atoms with Crippen molar-refractivity contribution in [2.45, 2.75) is 19.3 Å². The van der Waals surface area contributed by atoms with E-state index in [2.05, 4.69) is 27.2 Å². The number of carbonyl (C=O) groups is 1. The molecule has 2 aromatic carbocycles. The second kappa shape index (κ2) is 9.04. The summed E-state index contributed by atoms with van der Waals surface area (Å²) in [5.74, 6) is -3.19. The Morgan fingerprint density at radius 1 is 1.22 bits per heavy atom. The van der Waals surface area contributed by atoms with Crippen molar-refractivity contribution in [2.75, 3.05) is 17.2 Å². The van der Waals surface area contributed by atoms with E-state index in [1.807, 2.05) is 0 Å². The first-order chi connectivity index (χ1) is 15.3. The summed E-state index contributed by atoms with van der Waals surface area (Å²) in [4.78, 5) is 20.2. The van der Waals surface area contributed by atoms with E-state index in [0.29, 0.717) is 29.2 Å². The highest BCUT2D eigenvalue weighted by Gasteiger charge is 2.21. The molecule has 0 unspecified atom stereocenters. The molecule has 166 valence electrons. The minimum atomic E-state index is -1.17. The summed E-state index contributed by atoms with van der Waals surface area (Å²) in [7, 11) is 0. The van der Waals surface area contributed by atoms with Crippen molar-refractivity contribution in [1.82, 2.24) is 9.97 Å². The maximum atomic E-state index is 14.4. The number of anilines is 3. The van der Waals surface area contributed by atoms with Gasteiger partial charge >= 0.3 is 0 Å². The Labute approximate surface area is 186 Å². The van der Waals surface area contributed by atoms with Crippen molar-refractivity contribution in [1.29, 1.82) is 0 Å². The normalized spacial score (nSPS) is 13.5. The maximum Gasteiger partial charge on any atom is 0.283 e. The third kappa shape index (κ3) is 4.47. The van der Waals surface area contributed by atoms with E-state index in [-0.39, 0.29) is 17.2 Å². The van der Waals surface area contributed by atoms with Crippen molar-refractivity contribution in [3.8, 4) is 5.75 Å². The lowest BCUT2D eigenvalue weighted by Gasteiger charge is -2.25. The van der Waals surface area contributed by atoms with Gasteiger partial charge in [0.2, 0.25) is 0 Å². The lowest BCUT2D eigenvalue weighted by atomic mass is 9.86. The quantitative estimate of drug-likeness (QED) is 0.337. The van der Waals surface area contributed by atoms with Gasteiger partial charge in [0, 0.05) is 11.5 Å². The highest BCUT2D eigenvalue weighted by molar-refractivity contribution is 6.31. The summed E-state index contributed by atoms with van der Waals surface area (Å²) < 4.78 is 47.0. The molecule has 0 aliphatic heterocycles. The molecular formula is C22H18ClF3N4O2. The fourth-order valence-corrected chi connectivity index (χ4v) is 3.37. The number of nitrogens with zero attached hydrogens (tertiary/aromatic N) is 2. The molecule has 1 aliphatic carbocycles. The van der Waals surface area contributed by atoms with Crippen molar-refractivity contribution in [3.05, 3.63) is 59.7 Å². The summed E-state index contributed by atoms with van der Waals surface area (Å²) >= 11 is 5.65. The molecule has 2 N–H and O–H groups in total. The van der Waals surface area contributed by atoms with E-state index in [9.17, 15) is 18.0 Å². The lowest BCUT2D eigenvalue weighted by molar-refractivity contribution is -0.114. The topological polar surface area (TPSA) is 76.1 Å². The van der Waals surface area contributed by atoms with Crippen LogP contribution in [0.3, 0.4) is 0 Å². The molecule has 1 heterocycles. The molecule has 0 atom stereocenters. The number of aromatic nitrogens is 2. The Morgan fingerprint density at radius 2 is 2.00 bits per heavy atom. The fourth-order valence-electron chi connectivity index (χ4n) is 3.21. The summed E-state index contributed by atoms with van der Waals surface area (Å²) in [6.07, 6.45) is 4.51. The third-order valence-electron chi connectivity index (χ3n) is 5.22. The van der Waals surface area contributed by atoms with Crippen LogP contribution in [0, 0.1) is 17.6 Å². The van der Waals surface area contributed by atoms with Crippen LogP contribution in [0.5, 0.6) is 5.75 Å². The molecule has 1 amide bonds. The van der Waals surface area contributed by atoms with Crippen molar-refractivity contribution < 1.29 is 22.7 Å². The van der Waals surface area contributed by atoms with E-state index in [0.717, 1.165) is 25.3 Å². The Balaban J connectivity index is 1.73. The number of rotatable bonds is 7. The van der Waals surface area contributed by atoms with Crippen LogP contribution in [-0.4, -0.2) is 22.5 Å². The number of ether oxygens (including phenoxy) is 1. The molecule has 32 heavy (non-hydrogen) atoms. The van der Waals surface area contributed by atoms with E-state index in [4.69, 9.17) is 16.3 Å². The zero-order chi connectivity index (χ0) is 22.8. The van der Waals surface area contributed by atoms with Gasteiger partial charge in [0.1, 0.15) is 28.7 Å². The van der Waals surface area contributed by atoms with Gasteiger partial charge in [-0.25, -0.2) is 23.1 Å². The number of amides is 1. The summed E-state index contributed by atoms with van der Waals surface area (Å²) in [6.45, 7) is 3.44. The molecule has 1 aliphatic rings. The van der Waals surface area contributed by atoms with Crippen LogP contribution < -0.4 is 15.4 Å². The molecule has 1 aromatic heterocycles. The van der Waals surface area contributed by atoms with Gasteiger partial charge < -0.3 is 15.4 Å². The molecule has 10 heteroatoms. The van der Waals surface area contributed by atoms with Gasteiger partial charge in [0.25, 0.3) is 5.91 Å². The molecule has 0 bridgehead atoms. The van der Waals surface area contributed by atoms with Crippen molar-refractivity contribution in [3.63, 3.8) is 0 Å². The van der Waals surface area contributed by atoms with E-state index in [1.165, 1.54) is 18.5 Å². The molecular weight excluding hydrogens is 445 g/mol. The number of nitrogens with one attached hydrogen (secondary N) is 2. The van der Waals surface area contributed by atoms with Gasteiger partial charge in [-0.3, -0.25) is 4.79 Å². The number of halogens is 4. The number of hydrogen-bond donors (Lipinski definition) is 2. The zero-order valence-electron chi connectivity index (χ0n) is 16.7. The van der Waals surface area contributed by atoms with Gasteiger partial charge in [0.05, 0.1) is 23.5 Å². The molecule has 1 fully saturated rings. The van der Waals surface area contributed by atoms with Crippen molar-refractivity contribution in [2.24, 2.45) is 5.92 Å². The molecule has 0 saturated heterocycles. The number of fused-ring (bicyclic) bond motifs is 1. The molecule has 3 aromatic rings. The molecule has 4 rings (SSSR count). The highest BCUT2D eigenvalue weighted by Crippen LogP contribution is 2.36. The summed E-state index contributed by atoms with van der Waals surface area (Å²) in [6, 6.07) is 5.25. The first kappa shape index (κ1) is 21.9. The van der Waals surface area contributed by atoms with E-state index >= 15 is 0 Å². The minimum absolute atomic E-state index is 0.107. The van der Waals surface area contributed by atoms with Crippen LogP contribution >= 0.6 is 11.6 Å². The lowest BCUT2D eigenvalue weighted by Crippen LogP contribution is -2.20. The first-order valence-electron chi connectivity index (χ1n) is 9.81. The highest BCUT2D eigenvalue weighted by atomic mass is 35.5. The van der Waals surface area contributed by atoms with Gasteiger partial charge in [0.15, 0.2) is 11.6 Å². The monoisotopic (exact) mass is 462 g/mol. The van der Waals surface area contributed by atoms with Crippen LogP contribution in [0.2, 0.25) is 5.02 Å². The van der Waals surface area contributed by atoms with E-state index < -0.39 is 28.4 Å². The predicted octanol–water partition coefficient (Wildman–Crippen LogP) is 5.91. The molecule has 6 nitrogen and oxygen atoms in total. The average molecular weight is 463 g/mol. The van der Waals surface area contributed by atoms with Crippen LogP contribution in [0.1, 0.15) is 19.3 Å². The largest absolute Gasteiger partial charge is 0.491 e. The van der Waals surface area contributed by atoms with Crippen LogP contribution in [-0.2, 0) is 4.79 Å². The summed E-state index contributed by atoms with van der Waals surface area (Å²) in [5.41, 5.74) is 0.498. The maximum absolute atomic E-state index is 14.4. The van der Waals surface area contributed by atoms with Crippen LogP contribution in [0.15, 0.2) is 43.0 Å². The second-order valence-electron chi connectivity index (χ2n) is 7.40. The minimum Gasteiger partial charge on any atom is -0.491 e. The Kier molecular flexibility index (Phi) is 6.18. The van der Waals surface area contributed by atoms with Crippen LogP contribution in [0.4, 0.5) is 30.4 Å². The SMILES string of the molecule is C=C(F)C(=O)Nc1cc2c(Nc3ccc(F)c(Cl)c3F)ncnc2cc1OCC1CCC1. The fraction of sp³-hybridized carbons (Fsp3) is 0.227. The Bertz CT molecular complexity index is 1220. The van der Waals surface area contributed by atoms with Gasteiger partial charge in [-0.2, -0.15) is 0 Å². The van der Waals surface area contributed by atoms with Gasteiger partial charge in [-0.1, -0.05) is 24.6 Å². The summed E-state index contributed by atoms with van der Waals surface area (Å²) in [5, 5.41) is 4.89. The van der Waals surface area contributed by atoms with Gasteiger partial charge in [-0.15, -0.1) is 0 Å². The standard InChI is InChI=1S/C22H18ClF3N4O2/c1-11(24)22(31)30-17-7-13-16(8-18(17)32-9-12-3-2-4-12)27-10-28-21(13)29-15-6-5-14(25)19(23)20(15)26/h5-8,10,12H,1-4,9H2,(H,30,31)(H,27,28,29). The smallest absolute Gasteiger partial charge is 0.283 e. The average Bonchev–Trinajstić information content (AvgIpc) is 2.73.